The number of rotatable bonds is 4. The minimum absolute atomic E-state index is 0.389. The minimum atomic E-state index is 0.389. The molecule has 1 unspecified atom stereocenters. The minimum Gasteiger partial charge on any atom is -0.358 e. The fourth-order valence-corrected chi connectivity index (χ4v) is 1.46. The molecule has 2 heteroatoms. The van der Waals surface area contributed by atoms with Crippen LogP contribution in [0.1, 0.15) is 12.5 Å². The van der Waals surface area contributed by atoms with Crippen LogP contribution >= 0.6 is 8.81 Å². The van der Waals surface area contributed by atoms with Gasteiger partial charge >= 0.3 is 0 Å². The second-order valence-corrected chi connectivity index (χ2v) is 3.48. The van der Waals surface area contributed by atoms with Crippen LogP contribution in [0.25, 0.3) is 5.31 Å². The SMILES string of the molecule is C=C(POCC)c1ccccc1. The lowest BCUT2D eigenvalue weighted by Gasteiger charge is -2.04. The Kier molecular flexibility index (Phi) is 3.99. The van der Waals surface area contributed by atoms with Crippen molar-refractivity contribution < 1.29 is 4.52 Å². The van der Waals surface area contributed by atoms with Crippen molar-refractivity contribution in [3.05, 3.63) is 42.5 Å². The van der Waals surface area contributed by atoms with Gasteiger partial charge < -0.3 is 4.52 Å². The molecular formula is C10H13OP. The highest BCUT2D eigenvalue weighted by atomic mass is 31.1. The molecule has 0 aliphatic carbocycles. The third-order valence-corrected chi connectivity index (χ3v) is 2.43. The van der Waals surface area contributed by atoms with Crippen molar-refractivity contribution in [2.45, 2.75) is 6.92 Å². The van der Waals surface area contributed by atoms with Crippen molar-refractivity contribution in [3.63, 3.8) is 0 Å². The largest absolute Gasteiger partial charge is 0.358 e. The smallest absolute Gasteiger partial charge is 0.0481 e. The van der Waals surface area contributed by atoms with Gasteiger partial charge in [-0.05, 0) is 17.8 Å². The van der Waals surface area contributed by atoms with E-state index >= 15 is 0 Å². The molecule has 0 saturated heterocycles. The van der Waals surface area contributed by atoms with Gasteiger partial charge in [0, 0.05) is 15.4 Å². The molecule has 1 aromatic rings. The van der Waals surface area contributed by atoms with Gasteiger partial charge in [0.2, 0.25) is 0 Å². The summed E-state index contributed by atoms with van der Waals surface area (Å²) in [6, 6.07) is 10.1. The predicted molar refractivity (Wildman–Crippen MR) is 55.4 cm³/mol. The van der Waals surface area contributed by atoms with Gasteiger partial charge in [0.1, 0.15) is 0 Å². The quantitative estimate of drug-likeness (QED) is 0.646. The molecule has 0 amide bonds. The first kappa shape index (κ1) is 9.44. The fraction of sp³-hybridized carbons (Fsp3) is 0.200. The van der Waals surface area contributed by atoms with Crippen LogP contribution in [0.15, 0.2) is 36.9 Å². The highest BCUT2D eigenvalue weighted by Crippen LogP contribution is 2.31. The van der Waals surface area contributed by atoms with E-state index in [0.29, 0.717) is 8.81 Å². The van der Waals surface area contributed by atoms with Crippen LogP contribution in [0.5, 0.6) is 0 Å². The Morgan fingerprint density at radius 3 is 2.67 bits per heavy atom. The van der Waals surface area contributed by atoms with Crippen LogP contribution in [0, 0.1) is 0 Å². The Balaban J connectivity index is 2.54. The predicted octanol–water partition coefficient (Wildman–Crippen LogP) is 3.29. The first-order chi connectivity index (χ1) is 5.84. The van der Waals surface area contributed by atoms with Crippen LogP contribution in [0.3, 0.4) is 0 Å². The van der Waals surface area contributed by atoms with Crippen molar-refractivity contribution in [1.82, 2.24) is 0 Å². The lowest BCUT2D eigenvalue weighted by Crippen LogP contribution is -1.78. The van der Waals surface area contributed by atoms with Gasteiger partial charge in [-0.2, -0.15) is 0 Å². The van der Waals surface area contributed by atoms with Crippen molar-refractivity contribution in [2.24, 2.45) is 0 Å². The molecule has 1 atom stereocenters. The highest BCUT2D eigenvalue weighted by molar-refractivity contribution is 7.45. The molecule has 0 heterocycles. The first-order valence-corrected chi connectivity index (χ1v) is 4.87. The van der Waals surface area contributed by atoms with Crippen molar-refractivity contribution >= 4 is 14.1 Å². The van der Waals surface area contributed by atoms with E-state index in [4.69, 9.17) is 4.52 Å². The normalized spacial score (nSPS) is 10.8. The molecule has 12 heavy (non-hydrogen) atoms. The fourth-order valence-electron chi connectivity index (χ4n) is 0.858. The summed E-state index contributed by atoms with van der Waals surface area (Å²) in [7, 11) is 0.389. The third kappa shape index (κ3) is 2.77. The number of benzene rings is 1. The van der Waals surface area contributed by atoms with Crippen molar-refractivity contribution in [3.8, 4) is 0 Å². The van der Waals surface area contributed by atoms with Crippen molar-refractivity contribution in [2.75, 3.05) is 6.61 Å². The standard InChI is InChI=1S/C10H13OP/c1-3-11-12-9(2)10-7-5-4-6-8-10/h4-8,12H,2-3H2,1H3. The molecule has 64 valence electrons. The van der Waals surface area contributed by atoms with Crippen LogP contribution in [0.2, 0.25) is 0 Å². The molecule has 0 aliphatic heterocycles. The second kappa shape index (κ2) is 5.08. The summed E-state index contributed by atoms with van der Waals surface area (Å²) in [6.45, 7) is 6.70. The summed E-state index contributed by atoms with van der Waals surface area (Å²) in [5.41, 5.74) is 1.17. The number of hydrogen-bond donors (Lipinski definition) is 0. The van der Waals surface area contributed by atoms with Crippen molar-refractivity contribution in [1.29, 1.82) is 0 Å². The molecule has 0 aliphatic rings. The van der Waals surface area contributed by atoms with E-state index < -0.39 is 0 Å². The van der Waals surface area contributed by atoms with Crippen LogP contribution in [0.4, 0.5) is 0 Å². The van der Waals surface area contributed by atoms with E-state index in [2.05, 4.69) is 6.58 Å². The van der Waals surface area contributed by atoms with Crippen LogP contribution in [-0.2, 0) is 4.52 Å². The van der Waals surface area contributed by atoms with Gasteiger partial charge in [0.15, 0.2) is 0 Å². The van der Waals surface area contributed by atoms with Gasteiger partial charge in [-0.3, -0.25) is 0 Å². The lowest BCUT2D eigenvalue weighted by molar-refractivity contribution is 0.394. The van der Waals surface area contributed by atoms with E-state index in [-0.39, 0.29) is 0 Å². The number of hydrogen-bond acceptors (Lipinski definition) is 1. The van der Waals surface area contributed by atoms with Gasteiger partial charge in [0.05, 0.1) is 0 Å². The summed E-state index contributed by atoms with van der Waals surface area (Å²) in [5, 5.41) is 1.07. The topological polar surface area (TPSA) is 9.23 Å². The zero-order valence-electron chi connectivity index (χ0n) is 7.21. The van der Waals surface area contributed by atoms with E-state index in [1.165, 1.54) is 5.56 Å². The molecule has 1 rings (SSSR count). The van der Waals surface area contributed by atoms with Gasteiger partial charge in [-0.25, -0.2) is 0 Å². The van der Waals surface area contributed by atoms with Gasteiger partial charge in [-0.15, -0.1) is 0 Å². The molecule has 0 N–H and O–H groups in total. The van der Waals surface area contributed by atoms with E-state index in [0.717, 1.165) is 11.9 Å². The Hall–Kier alpha value is -0.650. The van der Waals surface area contributed by atoms with Gasteiger partial charge in [0.25, 0.3) is 0 Å². The monoisotopic (exact) mass is 180 g/mol. The molecule has 0 fully saturated rings. The zero-order valence-corrected chi connectivity index (χ0v) is 8.21. The summed E-state index contributed by atoms with van der Waals surface area (Å²) in [4.78, 5) is 0. The molecule has 1 aromatic carbocycles. The first-order valence-electron chi connectivity index (χ1n) is 3.96. The molecule has 0 saturated carbocycles. The lowest BCUT2D eigenvalue weighted by atomic mass is 10.2. The van der Waals surface area contributed by atoms with Crippen LogP contribution < -0.4 is 0 Å². The van der Waals surface area contributed by atoms with E-state index in [1.54, 1.807) is 0 Å². The molecular weight excluding hydrogens is 167 g/mol. The Morgan fingerprint density at radius 1 is 1.42 bits per heavy atom. The molecule has 0 aromatic heterocycles. The maximum Gasteiger partial charge on any atom is 0.0481 e. The molecule has 0 bridgehead atoms. The summed E-state index contributed by atoms with van der Waals surface area (Å²) in [5.74, 6) is 0. The highest BCUT2D eigenvalue weighted by Gasteiger charge is 1.96. The molecule has 0 radical (unpaired) electrons. The van der Waals surface area contributed by atoms with Gasteiger partial charge in [-0.1, -0.05) is 36.9 Å². The van der Waals surface area contributed by atoms with E-state index in [9.17, 15) is 0 Å². The third-order valence-electron chi connectivity index (χ3n) is 1.46. The summed E-state index contributed by atoms with van der Waals surface area (Å²) >= 11 is 0. The Labute approximate surface area is 75.3 Å². The Bertz CT molecular complexity index is 243. The molecule has 0 spiro atoms. The summed E-state index contributed by atoms with van der Waals surface area (Å²) < 4.78 is 5.28. The maximum atomic E-state index is 5.28. The second-order valence-electron chi connectivity index (χ2n) is 2.38. The zero-order chi connectivity index (χ0) is 8.81. The average molecular weight is 180 g/mol. The van der Waals surface area contributed by atoms with Crippen LogP contribution in [-0.4, -0.2) is 6.61 Å². The molecule has 1 nitrogen and oxygen atoms in total. The van der Waals surface area contributed by atoms with E-state index in [1.807, 2.05) is 37.3 Å². The Morgan fingerprint density at radius 2 is 2.08 bits per heavy atom. The maximum absolute atomic E-state index is 5.28. The summed E-state index contributed by atoms with van der Waals surface area (Å²) in [6.07, 6.45) is 0. The average Bonchev–Trinajstić information content (AvgIpc) is 2.15.